The lowest BCUT2D eigenvalue weighted by Crippen LogP contribution is -2.04. The molecule has 0 aliphatic heterocycles. The average Bonchev–Trinajstić information content (AvgIpc) is 3.06. The molecule has 0 bridgehead atoms. The number of furan rings is 2. The summed E-state index contributed by atoms with van der Waals surface area (Å²) in [6.45, 7) is 0. The summed E-state index contributed by atoms with van der Waals surface area (Å²) < 4.78 is 48.7. The molecule has 0 saturated carbocycles. The first kappa shape index (κ1) is 14.1. The van der Waals surface area contributed by atoms with Crippen molar-refractivity contribution in [2.75, 3.05) is 5.73 Å². The second kappa shape index (κ2) is 4.87. The summed E-state index contributed by atoms with van der Waals surface area (Å²) in [6.07, 6.45) is -3.12. The molecule has 0 unspecified atom stereocenters. The zero-order valence-electron chi connectivity index (χ0n) is 11.0. The standard InChI is InChI=1S/C15H10F3NO3/c16-15(17,18)9-4-1-3-8(7-9)11-12(20)13(22-14(11)19)10-5-2-6-21-10/h1-7,20H,19H2. The largest absolute Gasteiger partial charge is 0.504 e. The van der Waals surface area contributed by atoms with Gasteiger partial charge in [0, 0.05) is 0 Å². The normalized spacial score (nSPS) is 11.8. The predicted molar refractivity (Wildman–Crippen MR) is 72.9 cm³/mol. The summed E-state index contributed by atoms with van der Waals surface area (Å²) in [7, 11) is 0. The Morgan fingerprint density at radius 3 is 2.50 bits per heavy atom. The molecule has 0 fully saturated rings. The van der Waals surface area contributed by atoms with Gasteiger partial charge in [-0.1, -0.05) is 12.1 Å². The highest BCUT2D eigenvalue weighted by molar-refractivity contribution is 5.85. The number of halogens is 3. The molecule has 2 aromatic heterocycles. The van der Waals surface area contributed by atoms with Crippen molar-refractivity contribution < 1.29 is 27.1 Å². The van der Waals surface area contributed by atoms with Crippen LogP contribution in [0.2, 0.25) is 0 Å². The number of rotatable bonds is 2. The van der Waals surface area contributed by atoms with Crippen LogP contribution in [0.1, 0.15) is 5.56 Å². The molecular formula is C15H10F3NO3. The number of nitrogens with two attached hydrogens (primary N) is 1. The highest BCUT2D eigenvalue weighted by Gasteiger charge is 2.31. The first-order chi connectivity index (χ1) is 10.4. The van der Waals surface area contributed by atoms with Gasteiger partial charge in [0.1, 0.15) is 0 Å². The fraction of sp³-hybridized carbons (Fsp3) is 0.0667. The van der Waals surface area contributed by atoms with Crippen LogP contribution in [0.15, 0.2) is 51.5 Å². The molecule has 4 nitrogen and oxygen atoms in total. The third-order valence-corrected chi connectivity index (χ3v) is 3.13. The highest BCUT2D eigenvalue weighted by Crippen LogP contribution is 2.45. The number of anilines is 1. The van der Waals surface area contributed by atoms with E-state index in [4.69, 9.17) is 14.6 Å². The van der Waals surface area contributed by atoms with Crippen LogP contribution in [0.25, 0.3) is 22.6 Å². The number of nitrogen functional groups attached to an aromatic ring is 1. The fourth-order valence-corrected chi connectivity index (χ4v) is 2.14. The Morgan fingerprint density at radius 1 is 1.09 bits per heavy atom. The van der Waals surface area contributed by atoms with Crippen LogP contribution in [-0.4, -0.2) is 5.11 Å². The van der Waals surface area contributed by atoms with Crippen LogP contribution >= 0.6 is 0 Å². The van der Waals surface area contributed by atoms with E-state index in [0.29, 0.717) is 0 Å². The van der Waals surface area contributed by atoms with E-state index < -0.39 is 11.7 Å². The minimum absolute atomic E-state index is 0.00231. The van der Waals surface area contributed by atoms with Crippen LogP contribution in [0, 0.1) is 0 Å². The van der Waals surface area contributed by atoms with Gasteiger partial charge < -0.3 is 19.7 Å². The van der Waals surface area contributed by atoms with Crippen molar-refractivity contribution in [3.63, 3.8) is 0 Å². The van der Waals surface area contributed by atoms with Crippen molar-refractivity contribution in [1.82, 2.24) is 0 Å². The third-order valence-electron chi connectivity index (χ3n) is 3.13. The molecular weight excluding hydrogens is 299 g/mol. The van der Waals surface area contributed by atoms with Crippen LogP contribution in [0.5, 0.6) is 5.75 Å². The van der Waals surface area contributed by atoms with Gasteiger partial charge in [0.05, 0.1) is 17.4 Å². The van der Waals surface area contributed by atoms with E-state index in [9.17, 15) is 18.3 Å². The lowest BCUT2D eigenvalue weighted by Gasteiger charge is -2.08. The van der Waals surface area contributed by atoms with E-state index in [2.05, 4.69) is 0 Å². The molecule has 0 aliphatic rings. The fourth-order valence-electron chi connectivity index (χ4n) is 2.14. The number of hydrogen-bond donors (Lipinski definition) is 2. The molecule has 0 atom stereocenters. The Kier molecular flexibility index (Phi) is 3.13. The smallest absolute Gasteiger partial charge is 0.416 e. The monoisotopic (exact) mass is 309 g/mol. The quantitative estimate of drug-likeness (QED) is 0.730. The molecule has 1 aromatic carbocycles. The van der Waals surface area contributed by atoms with E-state index in [0.717, 1.165) is 12.1 Å². The first-order valence-corrected chi connectivity index (χ1v) is 6.20. The SMILES string of the molecule is Nc1oc(-c2ccco2)c(O)c1-c1cccc(C(F)(F)F)c1. The van der Waals surface area contributed by atoms with Crippen LogP contribution in [-0.2, 0) is 6.18 Å². The summed E-state index contributed by atoms with van der Waals surface area (Å²) in [6, 6.07) is 7.58. The molecule has 0 amide bonds. The molecule has 22 heavy (non-hydrogen) atoms. The molecule has 0 spiro atoms. The molecule has 3 N–H and O–H groups in total. The van der Waals surface area contributed by atoms with E-state index in [1.807, 2.05) is 0 Å². The van der Waals surface area contributed by atoms with Crippen LogP contribution in [0.3, 0.4) is 0 Å². The number of hydrogen-bond acceptors (Lipinski definition) is 4. The van der Waals surface area contributed by atoms with Gasteiger partial charge in [-0.2, -0.15) is 13.2 Å². The van der Waals surface area contributed by atoms with Gasteiger partial charge >= 0.3 is 6.18 Å². The Labute approximate surface area is 122 Å². The Bertz CT molecular complexity index is 804. The van der Waals surface area contributed by atoms with Crippen molar-refractivity contribution in [2.45, 2.75) is 6.18 Å². The second-order valence-electron chi connectivity index (χ2n) is 4.57. The maximum absolute atomic E-state index is 12.8. The number of aromatic hydroxyl groups is 1. The van der Waals surface area contributed by atoms with Crippen LogP contribution < -0.4 is 5.73 Å². The van der Waals surface area contributed by atoms with Crippen molar-refractivity contribution >= 4 is 5.88 Å². The molecule has 114 valence electrons. The summed E-state index contributed by atoms with van der Waals surface area (Å²) in [5.41, 5.74) is 4.95. The van der Waals surface area contributed by atoms with Crippen molar-refractivity contribution in [2.24, 2.45) is 0 Å². The summed E-state index contributed by atoms with van der Waals surface area (Å²) in [5, 5.41) is 10.2. The third kappa shape index (κ3) is 2.30. The molecule has 3 aromatic rings. The van der Waals surface area contributed by atoms with Gasteiger partial charge in [-0.25, -0.2) is 0 Å². The van der Waals surface area contributed by atoms with Crippen molar-refractivity contribution in [3.8, 4) is 28.4 Å². The zero-order valence-corrected chi connectivity index (χ0v) is 11.0. The van der Waals surface area contributed by atoms with Gasteiger partial charge in [-0.3, -0.25) is 0 Å². The molecule has 0 radical (unpaired) electrons. The average molecular weight is 309 g/mol. The van der Waals surface area contributed by atoms with Gasteiger partial charge in [-0.15, -0.1) is 0 Å². The summed E-state index contributed by atoms with van der Waals surface area (Å²) >= 11 is 0. The van der Waals surface area contributed by atoms with Crippen LogP contribution in [0.4, 0.5) is 19.1 Å². The Morgan fingerprint density at radius 2 is 1.86 bits per heavy atom. The van der Waals surface area contributed by atoms with Gasteiger partial charge in [0.15, 0.2) is 11.5 Å². The minimum Gasteiger partial charge on any atom is -0.504 e. The van der Waals surface area contributed by atoms with E-state index in [-0.39, 0.29) is 34.3 Å². The lowest BCUT2D eigenvalue weighted by atomic mass is 10.0. The predicted octanol–water partition coefficient (Wildman–Crippen LogP) is 4.51. The maximum atomic E-state index is 12.8. The summed E-state index contributed by atoms with van der Waals surface area (Å²) in [4.78, 5) is 0. The topological polar surface area (TPSA) is 72.5 Å². The maximum Gasteiger partial charge on any atom is 0.416 e. The van der Waals surface area contributed by atoms with Crippen molar-refractivity contribution in [3.05, 3.63) is 48.2 Å². The van der Waals surface area contributed by atoms with Crippen molar-refractivity contribution in [1.29, 1.82) is 0 Å². The van der Waals surface area contributed by atoms with E-state index >= 15 is 0 Å². The van der Waals surface area contributed by atoms with Gasteiger partial charge in [-0.05, 0) is 29.8 Å². The van der Waals surface area contributed by atoms with Gasteiger partial charge in [0.2, 0.25) is 11.6 Å². The molecule has 0 aliphatic carbocycles. The highest BCUT2D eigenvalue weighted by atomic mass is 19.4. The molecule has 2 heterocycles. The number of alkyl halides is 3. The Balaban J connectivity index is 2.14. The van der Waals surface area contributed by atoms with E-state index in [1.165, 1.54) is 24.5 Å². The number of benzene rings is 1. The lowest BCUT2D eigenvalue weighted by molar-refractivity contribution is -0.137. The summed E-state index contributed by atoms with van der Waals surface area (Å²) in [5.74, 6) is -0.368. The van der Waals surface area contributed by atoms with E-state index in [1.54, 1.807) is 6.07 Å². The second-order valence-corrected chi connectivity index (χ2v) is 4.57. The molecule has 0 saturated heterocycles. The minimum atomic E-state index is -4.49. The molecule has 3 rings (SSSR count). The molecule has 7 heteroatoms. The zero-order chi connectivity index (χ0) is 15.9. The van der Waals surface area contributed by atoms with Gasteiger partial charge in [0.25, 0.3) is 0 Å². The Hall–Kier alpha value is -2.83. The first-order valence-electron chi connectivity index (χ1n) is 6.20.